The van der Waals surface area contributed by atoms with Crippen LogP contribution in [0.4, 0.5) is 4.39 Å². The molecule has 2 atom stereocenters. The van der Waals surface area contributed by atoms with Gasteiger partial charge in [0.1, 0.15) is 5.82 Å². The Morgan fingerprint density at radius 2 is 2.30 bits per heavy atom. The first-order valence-corrected chi connectivity index (χ1v) is 10.1. The first-order chi connectivity index (χ1) is 12.6. The number of aliphatic imine (C=N–C) groups is 1. The Labute approximate surface area is 187 Å². The Kier molecular flexibility index (Phi) is 12.5. The standard InChI is InChI=1S/C19H29BrFN3O2.HI/c1-3-22-19(24-14(2)12-26-17-8-10-25-13-17)23-9-4-5-15-6-7-16(20)11-18(15)21;/h6-7,11,14,17H,3-5,8-10,12-13H2,1-2H3,(H2,22,23,24);1H. The second-order valence-corrected chi connectivity index (χ2v) is 7.38. The maximum atomic E-state index is 13.8. The summed E-state index contributed by atoms with van der Waals surface area (Å²) in [5, 5.41) is 6.59. The average Bonchev–Trinajstić information content (AvgIpc) is 3.12. The first-order valence-electron chi connectivity index (χ1n) is 9.26. The number of benzene rings is 1. The van der Waals surface area contributed by atoms with Crippen LogP contribution in [0.5, 0.6) is 0 Å². The smallest absolute Gasteiger partial charge is 0.191 e. The molecule has 2 unspecified atom stereocenters. The van der Waals surface area contributed by atoms with Crippen molar-refractivity contribution in [3.8, 4) is 0 Å². The van der Waals surface area contributed by atoms with E-state index >= 15 is 0 Å². The van der Waals surface area contributed by atoms with Crippen molar-refractivity contribution in [2.24, 2.45) is 4.99 Å². The highest BCUT2D eigenvalue weighted by Crippen LogP contribution is 2.16. The molecule has 0 aromatic heterocycles. The monoisotopic (exact) mass is 557 g/mol. The molecular formula is C19H30BrFIN3O2. The molecule has 27 heavy (non-hydrogen) atoms. The quantitative estimate of drug-likeness (QED) is 0.209. The molecule has 0 radical (unpaired) electrons. The Hall–Kier alpha value is -0.450. The van der Waals surface area contributed by atoms with E-state index in [2.05, 4.69) is 38.5 Å². The fourth-order valence-corrected chi connectivity index (χ4v) is 3.04. The predicted octanol–water partition coefficient (Wildman–Crippen LogP) is 3.89. The molecular weight excluding hydrogens is 528 g/mol. The maximum Gasteiger partial charge on any atom is 0.191 e. The molecule has 0 spiro atoms. The van der Waals surface area contributed by atoms with Gasteiger partial charge in [0.25, 0.3) is 0 Å². The average molecular weight is 558 g/mol. The zero-order chi connectivity index (χ0) is 18.8. The SMILES string of the molecule is CCNC(=NCCCc1ccc(Br)cc1F)NC(C)COC1CCOC1.I. The number of ether oxygens (including phenoxy) is 2. The largest absolute Gasteiger partial charge is 0.379 e. The summed E-state index contributed by atoms with van der Waals surface area (Å²) in [4.78, 5) is 4.58. The van der Waals surface area contributed by atoms with Crippen molar-refractivity contribution in [2.45, 2.75) is 45.3 Å². The Bertz CT molecular complexity index is 586. The van der Waals surface area contributed by atoms with Crippen molar-refractivity contribution >= 4 is 45.9 Å². The van der Waals surface area contributed by atoms with Crippen LogP contribution in [0.15, 0.2) is 27.7 Å². The molecule has 0 amide bonds. The topological polar surface area (TPSA) is 54.9 Å². The molecule has 1 aromatic rings. The lowest BCUT2D eigenvalue weighted by Crippen LogP contribution is -2.44. The summed E-state index contributed by atoms with van der Waals surface area (Å²) in [7, 11) is 0. The highest BCUT2D eigenvalue weighted by atomic mass is 127. The Morgan fingerprint density at radius 3 is 2.96 bits per heavy atom. The summed E-state index contributed by atoms with van der Waals surface area (Å²) in [6, 6.07) is 5.34. The van der Waals surface area contributed by atoms with Gasteiger partial charge in [0.05, 0.1) is 19.3 Å². The van der Waals surface area contributed by atoms with Gasteiger partial charge >= 0.3 is 0 Å². The number of aryl methyl sites for hydroxylation is 1. The molecule has 1 aromatic carbocycles. The van der Waals surface area contributed by atoms with Crippen LogP contribution >= 0.6 is 39.9 Å². The highest BCUT2D eigenvalue weighted by Gasteiger charge is 2.17. The van der Waals surface area contributed by atoms with Gasteiger partial charge in [-0.15, -0.1) is 24.0 Å². The molecule has 2 N–H and O–H groups in total. The number of nitrogens with zero attached hydrogens (tertiary/aromatic N) is 1. The van der Waals surface area contributed by atoms with E-state index in [1.54, 1.807) is 0 Å². The van der Waals surface area contributed by atoms with E-state index in [0.717, 1.165) is 42.0 Å². The van der Waals surface area contributed by atoms with Gasteiger partial charge < -0.3 is 20.1 Å². The van der Waals surface area contributed by atoms with Crippen molar-refractivity contribution in [1.82, 2.24) is 10.6 Å². The first kappa shape index (κ1) is 24.6. The van der Waals surface area contributed by atoms with Crippen molar-refractivity contribution in [3.05, 3.63) is 34.1 Å². The van der Waals surface area contributed by atoms with Crippen LogP contribution in [0.2, 0.25) is 0 Å². The number of halogens is 3. The van der Waals surface area contributed by atoms with Crippen LogP contribution in [-0.2, 0) is 15.9 Å². The van der Waals surface area contributed by atoms with E-state index in [4.69, 9.17) is 9.47 Å². The molecule has 0 saturated carbocycles. The molecule has 8 heteroatoms. The fourth-order valence-electron chi connectivity index (χ4n) is 2.70. The maximum absolute atomic E-state index is 13.8. The lowest BCUT2D eigenvalue weighted by molar-refractivity contribution is 0.0347. The van der Waals surface area contributed by atoms with E-state index in [1.165, 1.54) is 6.07 Å². The van der Waals surface area contributed by atoms with E-state index in [-0.39, 0.29) is 41.9 Å². The summed E-state index contributed by atoms with van der Waals surface area (Å²) in [6.45, 7) is 7.61. The lowest BCUT2D eigenvalue weighted by atomic mass is 10.1. The third kappa shape index (κ3) is 9.54. The Balaban J connectivity index is 0.00000364. The molecule has 1 heterocycles. The van der Waals surface area contributed by atoms with Gasteiger partial charge in [-0.1, -0.05) is 22.0 Å². The van der Waals surface area contributed by atoms with E-state index in [0.29, 0.717) is 26.2 Å². The molecule has 0 bridgehead atoms. The van der Waals surface area contributed by atoms with Gasteiger partial charge in [-0.05, 0) is 50.8 Å². The third-order valence-electron chi connectivity index (χ3n) is 4.09. The predicted molar refractivity (Wildman–Crippen MR) is 122 cm³/mol. The Morgan fingerprint density at radius 1 is 1.48 bits per heavy atom. The van der Waals surface area contributed by atoms with Crippen molar-refractivity contribution in [3.63, 3.8) is 0 Å². The van der Waals surface area contributed by atoms with Gasteiger partial charge in [-0.25, -0.2) is 4.39 Å². The van der Waals surface area contributed by atoms with E-state index < -0.39 is 0 Å². The van der Waals surface area contributed by atoms with Gasteiger partial charge in [0, 0.05) is 30.2 Å². The summed E-state index contributed by atoms with van der Waals surface area (Å²) in [6.07, 6.45) is 2.63. The minimum atomic E-state index is -0.171. The minimum absolute atomic E-state index is 0. The fraction of sp³-hybridized carbons (Fsp3) is 0.632. The third-order valence-corrected chi connectivity index (χ3v) is 4.58. The van der Waals surface area contributed by atoms with Crippen LogP contribution in [0.25, 0.3) is 0 Å². The van der Waals surface area contributed by atoms with Crippen LogP contribution in [-0.4, -0.2) is 51.0 Å². The van der Waals surface area contributed by atoms with Gasteiger partial charge in [-0.3, -0.25) is 4.99 Å². The van der Waals surface area contributed by atoms with Crippen LogP contribution in [0.3, 0.4) is 0 Å². The molecule has 1 fully saturated rings. The van der Waals surface area contributed by atoms with Gasteiger partial charge in [0.2, 0.25) is 0 Å². The summed E-state index contributed by atoms with van der Waals surface area (Å²) in [5.74, 6) is 0.595. The molecule has 0 aliphatic carbocycles. The number of hydrogen-bond acceptors (Lipinski definition) is 3. The van der Waals surface area contributed by atoms with Gasteiger partial charge in [-0.2, -0.15) is 0 Å². The van der Waals surface area contributed by atoms with Crippen molar-refractivity contribution in [1.29, 1.82) is 0 Å². The normalized spacial score (nSPS) is 18.1. The van der Waals surface area contributed by atoms with Crippen LogP contribution in [0.1, 0.15) is 32.3 Å². The molecule has 1 saturated heterocycles. The molecule has 1 aliphatic heterocycles. The zero-order valence-corrected chi connectivity index (χ0v) is 19.9. The van der Waals surface area contributed by atoms with E-state index in [1.807, 2.05) is 19.1 Å². The van der Waals surface area contributed by atoms with E-state index in [9.17, 15) is 4.39 Å². The molecule has 2 rings (SSSR count). The van der Waals surface area contributed by atoms with Crippen molar-refractivity contribution < 1.29 is 13.9 Å². The molecule has 154 valence electrons. The summed E-state index contributed by atoms with van der Waals surface area (Å²) < 4.78 is 25.7. The summed E-state index contributed by atoms with van der Waals surface area (Å²) >= 11 is 3.28. The van der Waals surface area contributed by atoms with Gasteiger partial charge in [0.15, 0.2) is 5.96 Å². The van der Waals surface area contributed by atoms with Crippen LogP contribution in [0, 0.1) is 5.82 Å². The molecule has 5 nitrogen and oxygen atoms in total. The second kappa shape index (κ2) is 13.7. The molecule has 1 aliphatic rings. The second-order valence-electron chi connectivity index (χ2n) is 6.46. The van der Waals surface area contributed by atoms with Crippen LogP contribution < -0.4 is 10.6 Å². The lowest BCUT2D eigenvalue weighted by Gasteiger charge is -2.19. The highest BCUT2D eigenvalue weighted by molar-refractivity contribution is 14.0. The number of hydrogen-bond donors (Lipinski definition) is 2. The zero-order valence-electron chi connectivity index (χ0n) is 16.0. The minimum Gasteiger partial charge on any atom is -0.379 e. The number of guanidine groups is 1. The van der Waals surface area contributed by atoms with Crippen molar-refractivity contribution in [2.75, 3.05) is 32.9 Å². The summed E-state index contributed by atoms with van der Waals surface area (Å²) in [5.41, 5.74) is 0.724. The number of rotatable bonds is 9. The number of nitrogens with one attached hydrogen (secondary N) is 2.